The number of nitrogens with two attached hydrogens (primary N) is 2. The molecule has 4 N–H and O–H groups in total. The van der Waals surface area contributed by atoms with Gasteiger partial charge in [0, 0.05) is 22.9 Å². The van der Waals surface area contributed by atoms with Gasteiger partial charge in [0.1, 0.15) is 5.84 Å². The minimum Gasteiger partial charge on any atom is -0.383 e. The van der Waals surface area contributed by atoms with Crippen molar-refractivity contribution in [2.24, 2.45) is 16.5 Å². The van der Waals surface area contributed by atoms with Gasteiger partial charge in [-0.15, -0.1) is 0 Å². The van der Waals surface area contributed by atoms with Crippen LogP contribution >= 0.6 is 0 Å². The van der Waals surface area contributed by atoms with Crippen molar-refractivity contribution in [1.29, 1.82) is 0 Å². The highest BCUT2D eigenvalue weighted by atomic mass is 15.2. The molecule has 3 unspecified atom stereocenters. The zero-order valence-electron chi connectivity index (χ0n) is 34.3. The van der Waals surface area contributed by atoms with Gasteiger partial charge in [0.25, 0.3) is 0 Å². The van der Waals surface area contributed by atoms with Gasteiger partial charge in [0.15, 0.2) is 0 Å². The Morgan fingerprint density at radius 1 is 0.565 bits per heavy atom. The molecule has 298 valence electrons. The summed E-state index contributed by atoms with van der Waals surface area (Å²) in [6.07, 6.45) is 7.17. The van der Waals surface area contributed by atoms with Crippen LogP contribution in [-0.2, 0) is 5.41 Å². The van der Waals surface area contributed by atoms with Gasteiger partial charge in [-0.2, -0.15) is 0 Å². The van der Waals surface area contributed by atoms with E-state index >= 15 is 0 Å². The molecule has 0 amide bonds. The van der Waals surface area contributed by atoms with Crippen LogP contribution in [0.3, 0.4) is 0 Å². The number of nitrogens with zero attached hydrogens (tertiary/aromatic N) is 2. The second-order valence-corrected chi connectivity index (χ2v) is 16.6. The Hall–Kier alpha value is -7.53. The van der Waals surface area contributed by atoms with Crippen molar-refractivity contribution < 1.29 is 0 Å². The summed E-state index contributed by atoms with van der Waals surface area (Å²) in [6.45, 7) is 0. The summed E-state index contributed by atoms with van der Waals surface area (Å²) in [5, 5.41) is 0. The van der Waals surface area contributed by atoms with Crippen molar-refractivity contribution in [3.63, 3.8) is 0 Å². The summed E-state index contributed by atoms with van der Waals surface area (Å²) in [5.74, 6) is 0.635. The van der Waals surface area contributed by atoms with Crippen LogP contribution in [0.1, 0.15) is 68.1 Å². The molecular weight excluding hydrogens is 753 g/mol. The molecule has 0 radical (unpaired) electrons. The van der Waals surface area contributed by atoms with Gasteiger partial charge in [-0.05, 0) is 79.4 Å². The van der Waals surface area contributed by atoms with E-state index in [-0.39, 0.29) is 18.0 Å². The lowest BCUT2D eigenvalue weighted by Crippen LogP contribution is -2.30. The highest BCUT2D eigenvalue weighted by Crippen LogP contribution is 2.58. The Labute approximate surface area is 363 Å². The first-order valence-electron chi connectivity index (χ1n) is 21.5. The highest BCUT2D eigenvalue weighted by molar-refractivity contribution is 5.97. The molecule has 0 fully saturated rings. The number of anilines is 2. The highest BCUT2D eigenvalue weighted by Gasteiger charge is 2.47. The summed E-state index contributed by atoms with van der Waals surface area (Å²) >= 11 is 0. The van der Waals surface area contributed by atoms with E-state index in [2.05, 4.69) is 187 Å². The monoisotopic (exact) mass is 798 g/mol. The Morgan fingerprint density at radius 3 is 1.81 bits per heavy atom. The third-order valence-corrected chi connectivity index (χ3v) is 13.2. The summed E-state index contributed by atoms with van der Waals surface area (Å²) in [4.78, 5) is 7.62. The second-order valence-electron chi connectivity index (χ2n) is 16.6. The molecule has 0 spiro atoms. The molecule has 4 nitrogen and oxygen atoms in total. The lowest BCUT2D eigenvalue weighted by Gasteiger charge is -2.35. The smallest absolute Gasteiger partial charge is 0.126 e. The molecule has 8 aromatic carbocycles. The SMILES string of the molecule is N/C(=N\C(c1ccccc1)[C@@H](N)c1ccc(N2c3cc(C4(c5ccccc5)c5ccccc5-c5ccccc54)ccc3C3C=CC(c4ccccc4)=CC32)cc1)c1ccccc1. The van der Waals surface area contributed by atoms with Crippen molar-refractivity contribution in [2.75, 3.05) is 4.90 Å². The van der Waals surface area contributed by atoms with E-state index in [0.29, 0.717) is 5.84 Å². The number of rotatable bonds is 9. The van der Waals surface area contributed by atoms with E-state index in [0.717, 1.165) is 22.4 Å². The predicted molar refractivity (Wildman–Crippen MR) is 256 cm³/mol. The molecule has 2 aliphatic carbocycles. The zero-order valence-corrected chi connectivity index (χ0v) is 34.3. The van der Waals surface area contributed by atoms with Crippen molar-refractivity contribution in [3.05, 3.63) is 281 Å². The lowest BCUT2D eigenvalue weighted by molar-refractivity contribution is 0.576. The normalized spacial score (nSPS) is 17.9. The van der Waals surface area contributed by atoms with E-state index < -0.39 is 11.5 Å². The molecule has 0 bridgehead atoms. The van der Waals surface area contributed by atoms with Crippen LogP contribution in [0.25, 0.3) is 16.7 Å². The Morgan fingerprint density at radius 2 is 1.15 bits per heavy atom. The van der Waals surface area contributed by atoms with Gasteiger partial charge in [-0.25, -0.2) is 0 Å². The Bertz CT molecular complexity index is 2950. The standard InChI is InChI=1S/C58H46N4/c59-55(56(41-19-7-2-8-20-41)61-57(60)42-21-9-3-10-22-42)40-29-33-46(34-30-40)62-53-37-43(39-17-5-1-6-18-39)31-35-49(53)50-36-32-45(38-54(50)62)58(44-23-11-4-12-24-44)51-27-15-13-25-47(51)48-26-14-16-28-52(48)58/h1-38,49,53,55-56H,59H2,(H2,60,61)/t49?,53?,55-,56?/m0/s1. The van der Waals surface area contributed by atoms with Gasteiger partial charge >= 0.3 is 0 Å². The van der Waals surface area contributed by atoms with E-state index in [9.17, 15) is 0 Å². The molecule has 4 atom stereocenters. The minimum atomic E-state index is -0.505. The molecule has 0 aromatic heterocycles. The maximum Gasteiger partial charge on any atom is 0.126 e. The fourth-order valence-electron chi connectivity index (χ4n) is 10.3. The number of amidine groups is 1. The Balaban J connectivity index is 1.05. The van der Waals surface area contributed by atoms with Crippen LogP contribution in [0, 0.1) is 0 Å². The minimum absolute atomic E-state index is 0.0585. The fraction of sp³-hybridized carbons (Fsp3) is 0.0862. The molecule has 1 aliphatic heterocycles. The second kappa shape index (κ2) is 15.5. The fourth-order valence-corrected chi connectivity index (χ4v) is 10.3. The van der Waals surface area contributed by atoms with Crippen LogP contribution in [0.4, 0.5) is 11.4 Å². The molecule has 8 aromatic rings. The van der Waals surface area contributed by atoms with E-state index in [1.165, 1.54) is 55.8 Å². The summed E-state index contributed by atoms with van der Waals surface area (Å²) in [5.41, 5.74) is 30.0. The molecule has 3 aliphatic rings. The molecule has 4 heteroatoms. The summed E-state index contributed by atoms with van der Waals surface area (Å²) in [7, 11) is 0. The average molecular weight is 799 g/mol. The van der Waals surface area contributed by atoms with E-state index in [4.69, 9.17) is 16.5 Å². The van der Waals surface area contributed by atoms with Gasteiger partial charge in [0.05, 0.1) is 23.5 Å². The third kappa shape index (κ3) is 6.14. The zero-order chi connectivity index (χ0) is 41.6. The van der Waals surface area contributed by atoms with Crippen LogP contribution in [-0.4, -0.2) is 11.9 Å². The predicted octanol–water partition coefficient (Wildman–Crippen LogP) is 12.5. The van der Waals surface area contributed by atoms with Gasteiger partial charge < -0.3 is 16.4 Å². The lowest BCUT2D eigenvalue weighted by atomic mass is 9.67. The number of allylic oxidation sites excluding steroid dienone is 2. The first-order valence-corrected chi connectivity index (χ1v) is 21.5. The number of benzene rings is 8. The number of hydrogen-bond donors (Lipinski definition) is 2. The summed E-state index contributed by atoms with van der Waals surface area (Å²) < 4.78 is 0. The van der Waals surface area contributed by atoms with Crippen LogP contribution in [0.2, 0.25) is 0 Å². The molecule has 62 heavy (non-hydrogen) atoms. The van der Waals surface area contributed by atoms with Crippen LogP contribution in [0.15, 0.2) is 236 Å². The molecule has 0 saturated heterocycles. The summed E-state index contributed by atoms with van der Waals surface area (Å²) in [6, 6.07) is 75.2. The number of aliphatic imine (C=N–C) groups is 1. The molecule has 1 heterocycles. The largest absolute Gasteiger partial charge is 0.383 e. The van der Waals surface area contributed by atoms with Crippen molar-refractivity contribution >= 4 is 22.8 Å². The van der Waals surface area contributed by atoms with Gasteiger partial charge in [-0.1, -0.05) is 212 Å². The molecule has 0 saturated carbocycles. The molecular formula is C58H46N4. The number of hydrogen-bond acceptors (Lipinski definition) is 3. The van der Waals surface area contributed by atoms with Crippen LogP contribution < -0.4 is 16.4 Å². The quantitative estimate of drug-likeness (QED) is 0.113. The maximum absolute atomic E-state index is 7.21. The van der Waals surface area contributed by atoms with Gasteiger partial charge in [-0.3, -0.25) is 4.99 Å². The molecule has 11 rings (SSSR count). The van der Waals surface area contributed by atoms with E-state index in [1.54, 1.807) is 0 Å². The van der Waals surface area contributed by atoms with Crippen molar-refractivity contribution in [2.45, 2.75) is 29.5 Å². The topological polar surface area (TPSA) is 67.6 Å². The number of fused-ring (bicyclic) bond motifs is 6. The van der Waals surface area contributed by atoms with Crippen molar-refractivity contribution in [3.8, 4) is 11.1 Å². The Kier molecular flexibility index (Phi) is 9.36. The van der Waals surface area contributed by atoms with E-state index in [1.807, 2.05) is 48.5 Å². The maximum atomic E-state index is 7.21. The average Bonchev–Trinajstić information content (AvgIpc) is 3.84. The van der Waals surface area contributed by atoms with Gasteiger partial charge in [0.2, 0.25) is 0 Å². The first-order chi connectivity index (χ1) is 30.6. The first kappa shape index (κ1) is 37.5. The van der Waals surface area contributed by atoms with Crippen LogP contribution in [0.5, 0.6) is 0 Å². The van der Waals surface area contributed by atoms with Crippen molar-refractivity contribution in [1.82, 2.24) is 0 Å². The third-order valence-electron chi connectivity index (χ3n) is 13.2.